The number of nitrogen functional groups attached to an aromatic ring is 1. The first-order chi connectivity index (χ1) is 10.2. The fraction of sp³-hybridized carbons (Fsp3) is 0.231. The smallest absolute Gasteiger partial charge is 0.258 e. The molecule has 0 fully saturated rings. The number of anilines is 2. The van der Waals surface area contributed by atoms with Gasteiger partial charge in [0.15, 0.2) is 0 Å². The molecule has 0 aliphatic rings. The summed E-state index contributed by atoms with van der Waals surface area (Å²) >= 11 is 0. The Morgan fingerprint density at radius 2 is 2.29 bits per heavy atom. The lowest BCUT2D eigenvalue weighted by Gasteiger charge is -2.10. The topological polar surface area (TPSA) is 115 Å². The molecule has 0 atom stereocenters. The van der Waals surface area contributed by atoms with Crippen LogP contribution in [0.2, 0.25) is 0 Å². The zero-order valence-electron chi connectivity index (χ0n) is 11.3. The second kappa shape index (κ2) is 5.61. The average Bonchev–Trinajstić information content (AvgIpc) is 2.98. The minimum absolute atomic E-state index is 0.190. The van der Waals surface area contributed by atoms with Crippen molar-refractivity contribution < 1.29 is 0 Å². The maximum absolute atomic E-state index is 11.6. The number of aryl methyl sites for hydroxylation is 1. The van der Waals surface area contributed by atoms with Gasteiger partial charge in [0.25, 0.3) is 5.56 Å². The van der Waals surface area contributed by atoms with Crippen LogP contribution < -0.4 is 16.6 Å². The summed E-state index contributed by atoms with van der Waals surface area (Å²) in [6.45, 7) is 1.51. The van der Waals surface area contributed by atoms with E-state index in [9.17, 15) is 4.79 Å². The number of nitrogens with one attached hydrogen (secondary N) is 2. The van der Waals surface area contributed by atoms with Gasteiger partial charge in [-0.2, -0.15) is 0 Å². The van der Waals surface area contributed by atoms with E-state index in [1.54, 1.807) is 23.0 Å². The van der Waals surface area contributed by atoms with Crippen LogP contribution in [0.15, 0.2) is 35.6 Å². The fourth-order valence-corrected chi connectivity index (χ4v) is 2.10. The maximum atomic E-state index is 11.6. The lowest BCUT2D eigenvalue weighted by Crippen LogP contribution is -2.10. The van der Waals surface area contributed by atoms with Crippen LogP contribution in [0, 0.1) is 0 Å². The van der Waals surface area contributed by atoms with E-state index >= 15 is 0 Å². The van der Waals surface area contributed by atoms with E-state index in [0.717, 1.165) is 25.2 Å². The number of hydrogen-bond donors (Lipinski definition) is 3. The predicted molar refractivity (Wildman–Crippen MR) is 79.9 cm³/mol. The number of nitrogens with two attached hydrogens (primary N) is 1. The van der Waals surface area contributed by atoms with Crippen molar-refractivity contribution in [1.29, 1.82) is 0 Å². The molecular formula is C13H15N7O. The van der Waals surface area contributed by atoms with Gasteiger partial charge < -0.3 is 16.0 Å². The molecule has 0 unspecified atom stereocenters. The van der Waals surface area contributed by atoms with Gasteiger partial charge in [-0.15, -0.1) is 5.10 Å². The van der Waals surface area contributed by atoms with Crippen LogP contribution in [0.3, 0.4) is 0 Å². The van der Waals surface area contributed by atoms with Crippen LogP contribution in [0.25, 0.3) is 10.9 Å². The van der Waals surface area contributed by atoms with E-state index in [4.69, 9.17) is 5.73 Å². The molecule has 2 aromatic heterocycles. The molecule has 0 saturated carbocycles. The molecule has 0 spiro atoms. The van der Waals surface area contributed by atoms with Crippen LogP contribution in [0.4, 0.5) is 11.4 Å². The molecule has 0 saturated heterocycles. The normalized spacial score (nSPS) is 10.9. The molecule has 1 aromatic carbocycles. The molecule has 8 heteroatoms. The quantitative estimate of drug-likeness (QED) is 0.467. The van der Waals surface area contributed by atoms with Crippen LogP contribution >= 0.6 is 0 Å². The minimum atomic E-state index is -0.190. The average molecular weight is 285 g/mol. The highest BCUT2D eigenvalue weighted by Crippen LogP contribution is 2.22. The van der Waals surface area contributed by atoms with Crippen LogP contribution in [-0.4, -0.2) is 31.5 Å². The SMILES string of the molecule is Nc1cc2c(=O)[nH]cnc2cc1NCCCn1ccnn1. The van der Waals surface area contributed by atoms with Crippen molar-refractivity contribution >= 4 is 22.3 Å². The second-order valence-electron chi connectivity index (χ2n) is 4.63. The molecule has 8 nitrogen and oxygen atoms in total. The number of fused-ring (bicyclic) bond motifs is 1. The van der Waals surface area contributed by atoms with Crippen molar-refractivity contribution in [1.82, 2.24) is 25.0 Å². The lowest BCUT2D eigenvalue weighted by atomic mass is 10.2. The Kier molecular flexibility index (Phi) is 3.50. The Bertz CT molecular complexity index is 794. The molecule has 21 heavy (non-hydrogen) atoms. The Morgan fingerprint density at radius 1 is 1.38 bits per heavy atom. The van der Waals surface area contributed by atoms with Gasteiger partial charge in [0, 0.05) is 19.3 Å². The van der Waals surface area contributed by atoms with E-state index in [0.29, 0.717) is 16.6 Å². The molecule has 0 amide bonds. The molecule has 0 aliphatic heterocycles. The third kappa shape index (κ3) is 2.83. The largest absolute Gasteiger partial charge is 0.397 e. The van der Waals surface area contributed by atoms with Crippen molar-refractivity contribution in [3.8, 4) is 0 Å². The standard InChI is InChI=1S/C13H15N7O/c14-10-6-9-11(16-8-17-13(9)21)7-12(10)15-2-1-4-20-5-3-18-19-20/h3,5-8,15H,1-2,4,14H2,(H,16,17,21). The summed E-state index contributed by atoms with van der Waals surface area (Å²) < 4.78 is 1.77. The summed E-state index contributed by atoms with van der Waals surface area (Å²) in [5.74, 6) is 0. The first-order valence-electron chi connectivity index (χ1n) is 6.59. The van der Waals surface area contributed by atoms with Crippen molar-refractivity contribution in [2.24, 2.45) is 0 Å². The van der Waals surface area contributed by atoms with E-state index in [1.165, 1.54) is 6.33 Å². The van der Waals surface area contributed by atoms with Gasteiger partial charge in [-0.3, -0.25) is 9.48 Å². The molecule has 2 heterocycles. The number of rotatable bonds is 5. The van der Waals surface area contributed by atoms with Crippen LogP contribution in [-0.2, 0) is 6.54 Å². The number of H-pyrrole nitrogens is 1. The first-order valence-corrected chi connectivity index (χ1v) is 6.59. The zero-order valence-corrected chi connectivity index (χ0v) is 11.3. The molecule has 0 bridgehead atoms. The van der Waals surface area contributed by atoms with E-state index in [-0.39, 0.29) is 5.56 Å². The zero-order chi connectivity index (χ0) is 14.7. The third-order valence-corrected chi connectivity index (χ3v) is 3.16. The molecule has 108 valence electrons. The van der Waals surface area contributed by atoms with Gasteiger partial charge in [-0.05, 0) is 18.6 Å². The Balaban J connectivity index is 1.69. The Morgan fingerprint density at radius 3 is 3.10 bits per heavy atom. The summed E-state index contributed by atoms with van der Waals surface area (Å²) in [5, 5.41) is 11.4. The van der Waals surface area contributed by atoms with Crippen LogP contribution in [0.5, 0.6) is 0 Å². The highest BCUT2D eigenvalue weighted by atomic mass is 16.1. The highest BCUT2D eigenvalue weighted by Gasteiger charge is 2.05. The molecular weight excluding hydrogens is 270 g/mol. The number of nitrogens with zero attached hydrogens (tertiary/aromatic N) is 4. The molecule has 3 aromatic rings. The van der Waals surface area contributed by atoms with E-state index < -0.39 is 0 Å². The van der Waals surface area contributed by atoms with Gasteiger partial charge in [0.1, 0.15) is 0 Å². The van der Waals surface area contributed by atoms with Gasteiger partial charge in [0.2, 0.25) is 0 Å². The lowest BCUT2D eigenvalue weighted by molar-refractivity contribution is 0.570. The molecule has 3 rings (SSSR count). The Labute approximate surface area is 120 Å². The van der Waals surface area contributed by atoms with Gasteiger partial charge in [0.05, 0.1) is 34.8 Å². The minimum Gasteiger partial charge on any atom is -0.397 e. The predicted octanol–water partition coefficient (Wildman–Crippen LogP) is 0.599. The summed E-state index contributed by atoms with van der Waals surface area (Å²) in [5.41, 5.74) is 7.70. The molecule has 4 N–H and O–H groups in total. The highest BCUT2D eigenvalue weighted by molar-refractivity contribution is 5.88. The number of hydrogen-bond acceptors (Lipinski definition) is 6. The summed E-state index contributed by atoms with van der Waals surface area (Å²) in [4.78, 5) is 18.3. The maximum Gasteiger partial charge on any atom is 0.258 e. The van der Waals surface area contributed by atoms with Crippen LogP contribution in [0.1, 0.15) is 6.42 Å². The van der Waals surface area contributed by atoms with Gasteiger partial charge in [-0.1, -0.05) is 5.21 Å². The van der Waals surface area contributed by atoms with Crippen molar-refractivity contribution in [3.63, 3.8) is 0 Å². The van der Waals surface area contributed by atoms with Crippen molar-refractivity contribution in [3.05, 3.63) is 41.2 Å². The van der Waals surface area contributed by atoms with E-state index in [2.05, 4.69) is 25.6 Å². The summed E-state index contributed by atoms with van der Waals surface area (Å²) in [6.07, 6.45) is 5.73. The number of aromatic nitrogens is 5. The number of aromatic amines is 1. The fourth-order valence-electron chi connectivity index (χ4n) is 2.10. The van der Waals surface area contributed by atoms with E-state index in [1.807, 2.05) is 6.20 Å². The van der Waals surface area contributed by atoms with Crippen molar-refractivity contribution in [2.45, 2.75) is 13.0 Å². The second-order valence-corrected chi connectivity index (χ2v) is 4.63. The Hall–Kier alpha value is -2.90. The first kappa shape index (κ1) is 13.1. The molecule has 0 radical (unpaired) electrons. The summed E-state index contributed by atoms with van der Waals surface area (Å²) in [6, 6.07) is 3.43. The molecule has 0 aliphatic carbocycles. The monoisotopic (exact) mass is 285 g/mol. The third-order valence-electron chi connectivity index (χ3n) is 3.16. The van der Waals surface area contributed by atoms with Gasteiger partial charge in [-0.25, -0.2) is 4.98 Å². The van der Waals surface area contributed by atoms with Gasteiger partial charge >= 0.3 is 0 Å². The number of benzene rings is 1. The van der Waals surface area contributed by atoms with Crippen molar-refractivity contribution in [2.75, 3.05) is 17.6 Å². The summed E-state index contributed by atoms with van der Waals surface area (Å²) in [7, 11) is 0.